The zero-order valence-electron chi connectivity index (χ0n) is 12.9. The largest absolute Gasteiger partial charge is 0.407 e. The molecule has 0 spiro atoms. The van der Waals surface area contributed by atoms with Crippen molar-refractivity contribution in [2.24, 2.45) is 17.8 Å². The summed E-state index contributed by atoms with van der Waals surface area (Å²) in [4.78, 5) is 2.87. The highest BCUT2D eigenvalue weighted by atomic mass is 32.2. The van der Waals surface area contributed by atoms with Crippen LogP contribution in [0, 0.1) is 24.3 Å². The van der Waals surface area contributed by atoms with Gasteiger partial charge in [-0.25, -0.2) is 13.3 Å². The predicted octanol–water partition coefficient (Wildman–Crippen LogP) is 2.79. The van der Waals surface area contributed by atoms with Crippen LogP contribution in [0.4, 0.5) is 24.5 Å². The van der Waals surface area contributed by atoms with E-state index in [1.807, 2.05) is 0 Å². The van der Waals surface area contributed by atoms with E-state index in [0.717, 1.165) is 16.4 Å². The summed E-state index contributed by atoms with van der Waals surface area (Å²) in [5.74, 6) is -0.502. The van der Waals surface area contributed by atoms with Crippen LogP contribution in [0.15, 0.2) is 18.2 Å². The molecule has 1 aliphatic heterocycles. The normalized spacial score (nSPS) is 35.6. The van der Waals surface area contributed by atoms with Crippen LogP contribution in [0.5, 0.6) is 0 Å². The number of hydrogen-bond acceptors (Lipinski definition) is 3. The molecule has 0 unspecified atom stereocenters. The SMILES string of the molecule is [C-]#[N+]c1ccc(N2C[C@@H]3[C@H]4C[C@H](C[C@@H]4O)[C@@H]3S2(=O)=O)cc1C(F)(F)F. The Labute approximate surface area is 142 Å². The smallest absolute Gasteiger partial charge is 0.393 e. The van der Waals surface area contributed by atoms with Crippen molar-refractivity contribution in [2.45, 2.75) is 30.4 Å². The summed E-state index contributed by atoms with van der Waals surface area (Å²) in [5.41, 5.74) is -1.75. The molecule has 1 heterocycles. The minimum atomic E-state index is -4.73. The maximum absolute atomic E-state index is 13.2. The van der Waals surface area contributed by atoms with Crippen LogP contribution in [0.25, 0.3) is 4.85 Å². The van der Waals surface area contributed by atoms with Crippen molar-refractivity contribution in [3.63, 3.8) is 0 Å². The summed E-state index contributed by atoms with van der Waals surface area (Å²) in [6.45, 7) is 6.96. The van der Waals surface area contributed by atoms with Crippen LogP contribution in [0.3, 0.4) is 0 Å². The number of fused-ring (bicyclic) bond motifs is 5. The van der Waals surface area contributed by atoms with Gasteiger partial charge in [0, 0.05) is 18.2 Å². The highest BCUT2D eigenvalue weighted by molar-refractivity contribution is 7.93. The van der Waals surface area contributed by atoms with E-state index in [9.17, 15) is 26.7 Å². The summed E-state index contributed by atoms with van der Waals surface area (Å²) in [6, 6.07) is 3.00. The second-order valence-corrected chi connectivity index (χ2v) is 8.99. The minimum Gasteiger partial charge on any atom is -0.393 e. The number of anilines is 1. The van der Waals surface area contributed by atoms with Crippen molar-refractivity contribution < 1.29 is 26.7 Å². The lowest BCUT2D eigenvalue weighted by Gasteiger charge is -2.25. The van der Waals surface area contributed by atoms with Gasteiger partial charge < -0.3 is 5.11 Å². The van der Waals surface area contributed by atoms with Gasteiger partial charge in [-0.1, -0.05) is 6.07 Å². The fraction of sp³-hybridized carbons (Fsp3) is 0.562. The molecule has 1 N–H and O–H groups in total. The molecular weight excluding hydrogens is 357 g/mol. The Kier molecular flexibility index (Phi) is 3.41. The van der Waals surface area contributed by atoms with E-state index in [-0.39, 0.29) is 30.0 Å². The lowest BCUT2D eigenvalue weighted by molar-refractivity contribution is -0.136. The number of hydrogen-bond donors (Lipinski definition) is 1. The van der Waals surface area contributed by atoms with Crippen molar-refractivity contribution >= 4 is 21.4 Å². The van der Waals surface area contributed by atoms with E-state index in [2.05, 4.69) is 4.85 Å². The number of rotatable bonds is 1. The fourth-order valence-corrected chi connectivity index (χ4v) is 7.33. The van der Waals surface area contributed by atoms with Crippen molar-refractivity contribution in [3.8, 4) is 0 Å². The molecule has 3 fully saturated rings. The lowest BCUT2D eigenvalue weighted by Crippen LogP contribution is -2.36. The summed E-state index contributed by atoms with van der Waals surface area (Å²) in [5, 5.41) is 9.39. The Morgan fingerprint density at radius 3 is 2.60 bits per heavy atom. The fourth-order valence-electron chi connectivity index (χ4n) is 4.81. The van der Waals surface area contributed by atoms with Gasteiger partial charge in [0.2, 0.25) is 10.0 Å². The first kappa shape index (κ1) is 16.7. The molecule has 1 aromatic carbocycles. The molecule has 2 aliphatic carbocycles. The van der Waals surface area contributed by atoms with Crippen molar-refractivity contribution in [3.05, 3.63) is 35.2 Å². The minimum absolute atomic E-state index is 0.0667. The number of aliphatic hydroxyl groups is 1. The third kappa shape index (κ3) is 2.27. The predicted molar refractivity (Wildman–Crippen MR) is 83.5 cm³/mol. The Hall–Kier alpha value is -1.79. The number of halogens is 3. The zero-order chi connectivity index (χ0) is 18.1. The molecular formula is C16H15F3N2O3S. The maximum atomic E-state index is 13.2. The van der Waals surface area contributed by atoms with Crippen LogP contribution in [-0.2, 0) is 16.2 Å². The van der Waals surface area contributed by atoms with Gasteiger partial charge in [0.1, 0.15) is 0 Å². The van der Waals surface area contributed by atoms with E-state index in [1.54, 1.807) is 0 Å². The van der Waals surface area contributed by atoms with Gasteiger partial charge in [0.25, 0.3) is 0 Å². The van der Waals surface area contributed by atoms with Crippen LogP contribution >= 0.6 is 0 Å². The maximum Gasteiger partial charge on any atom is 0.407 e. The van der Waals surface area contributed by atoms with Gasteiger partial charge in [-0.05, 0) is 36.8 Å². The number of sulfonamides is 1. The van der Waals surface area contributed by atoms with Gasteiger partial charge >= 0.3 is 6.18 Å². The summed E-state index contributed by atoms with van der Waals surface area (Å²) < 4.78 is 66.3. The van der Waals surface area contributed by atoms with Crippen LogP contribution in [0.1, 0.15) is 18.4 Å². The Morgan fingerprint density at radius 1 is 1.24 bits per heavy atom. The van der Waals surface area contributed by atoms with Crippen LogP contribution in [0.2, 0.25) is 0 Å². The number of nitrogens with zero attached hydrogens (tertiary/aromatic N) is 2. The third-order valence-electron chi connectivity index (χ3n) is 5.77. The van der Waals surface area contributed by atoms with E-state index < -0.39 is 38.8 Å². The second kappa shape index (κ2) is 5.11. The Balaban J connectivity index is 1.76. The second-order valence-electron chi connectivity index (χ2n) is 6.98. The number of aliphatic hydroxyl groups excluding tert-OH is 1. The molecule has 4 rings (SSSR count). The van der Waals surface area contributed by atoms with Gasteiger partial charge in [-0.15, -0.1) is 0 Å². The Bertz CT molecular complexity index is 878. The van der Waals surface area contributed by atoms with Crippen molar-refractivity contribution in [2.75, 3.05) is 10.8 Å². The first-order valence-electron chi connectivity index (χ1n) is 7.93. The molecule has 5 atom stereocenters. The van der Waals surface area contributed by atoms with E-state index in [0.29, 0.717) is 12.8 Å². The topological polar surface area (TPSA) is 62.0 Å². The van der Waals surface area contributed by atoms with Gasteiger partial charge in [-0.3, -0.25) is 4.31 Å². The summed E-state index contributed by atoms with van der Waals surface area (Å²) >= 11 is 0. The quantitative estimate of drug-likeness (QED) is 0.771. The average Bonchev–Trinajstić information content (AvgIpc) is 3.15. The average molecular weight is 372 g/mol. The van der Waals surface area contributed by atoms with Gasteiger partial charge in [0.05, 0.1) is 23.5 Å². The molecule has 25 heavy (non-hydrogen) atoms. The molecule has 5 nitrogen and oxygen atoms in total. The van der Waals surface area contributed by atoms with Crippen molar-refractivity contribution in [1.82, 2.24) is 0 Å². The highest BCUT2D eigenvalue weighted by Gasteiger charge is 2.62. The standard InChI is InChI=1S/C16H15F3N2O3S/c1-20-13-3-2-9(6-12(13)16(17,18)19)21-7-11-10-4-8(5-14(10)22)15(11)25(21,23)24/h2-3,6,8,10-11,14-15,22H,4-5,7H2/t8-,10-,11-,14+,15+/m1/s1. The summed E-state index contributed by atoms with van der Waals surface area (Å²) in [7, 11) is -3.78. The molecule has 9 heteroatoms. The summed E-state index contributed by atoms with van der Waals surface area (Å²) in [6.07, 6.45) is -4.17. The van der Waals surface area contributed by atoms with E-state index >= 15 is 0 Å². The molecule has 134 valence electrons. The first-order chi connectivity index (χ1) is 11.6. The third-order valence-corrected chi connectivity index (χ3v) is 8.17. The number of alkyl halides is 3. The first-order valence-corrected chi connectivity index (χ1v) is 9.43. The highest BCUT2D eigenvalue weighted by Crippen LogP contribution is 2.56. The molecule has 0 aromatic heterocycles. The Morgan fingerprint density at radius 2 is 1.96 bits per heavy atom. The molecule has 0 amide bonds. The van der Waals surface area contributed by atoms with E-state index in [1.165, 1.54) is 6.07 Å². The number of benzene rings is 1. The molecule has 3 aliphatic rings. The van der Waals surface area contributed by atoms with Crippen LogP contribution < -0.4 is 4.31 Å². The molecule has 1 aromatic rings. The van der Waals surface area contributed by atoms with Crippen LogP contribution in [-0.4, -0.2) is 31.4 Å². The lowest BCUT2D eigenvalue weighted by atomic mass is 9.86. The van der Waals surface area contributed by atoms with Gasteiger partial charge in [-0.2, -0.15) is 13.2 Å². The molecule has 2 bridgehead atoms. The molecule has 1 saturated heterocycles. The van der Waals surface area contributed by atoms with Gasteiger partial charge in [0.15, 0.2) is 5.69 Å². The molecule has 2 saturated carbocycles. The monoisotopic (exact) mass is 372 g/mol. The zero-order valence-corrected chi connectivity index (χ0v) is 13.8. The van der Waals surface area contributed by atoms with E-state index in [4.69, 9.17) is 6.57 Å². The molecule has 0 radical (unpaired) electrons. The van der Waals surface area contributed by atoms with Crippen molar-refractivity contribution in [1.29, 1.82) is 0 Å².